The van der Waals surface area contributed by atoms with E-state index in [9.17, 15) is 0 Å². The van der Waals surface area contributed by atoms with E-state index in [0.29, 0.717) is 0 Å². The molecule has 0 heteroatoms. The van der Waals surface area contributed by atoms with Crippen molar-refractivity contribution in [3.05, 3.63) is 144 Å². The zero-order valence-corrected chi connectivity index (χ0v) is 21.7. The van der Waals surface area contributed by atoms with E-state index in [1.807, 2.05) is 6.92 Å². The number of hydrogen-bond donors (Lipinski definition) is 0. The average molecular weight is 469 g/mol. The molecule has 0 saturated heterocycles. The first kappa shape index (κ1) is 25.2. The second-order valence-electron chi connectivity index (χ2n) is 9.24. The van der Waals surface area contributed by atoms with Gasteiger partial charge in [-0.2, -0.15) is 0 Å². The molecule has 0 aliphatic rings. The van der Waals surface area contributed by atoms with Crippen molar-refractivity contribution >= 4 is 10.8 Å². The molecule has 5 rings (SSSR count). The van der Waals surface area contributed by atoms with Crippen molar-refractivity contribution in [3.8, 4) is 22.3 Å². The van der Waals surface area contributed by atoms with Crippen molar-refractivity contribution in [1.82, 2.24) is 0 Å². The standard InChI is InChI=1S/C31H26.C5H10/c1-23-10-8-15-26(20-23)29-21-27-16-9-17-30(25-13-6-3-7-14-25)31(27)28(22-29)19-18-24-11-4-2-5-12-24;1-3-5-4-2/h2-17,20-22H,18-19H2,1H3;3,5H,4H2,1-2H3/b;5-3+. The number of allylic oxidation sites excluding steroid dienone is 2. The van der Waals surface area contributed by atoms with Gasteiger partial charge in [0.25, 0.3) is 0 Å². The van der Waals surface area contributed by atoms with Crippen molar-refractivity contribution in [2.75, 3.05) is 0 Å². The van der Waals surface area contributed by atoms with Gasteiger partial charge in [-0.15, -0.1) is 0 Å². The van der Waals surface area contributed by atoms with Crippen LogP contribution in [-0.2, 0) is 12.8 Å². The van der Waals surface area contributed by atoms with Crippen molar-refractivity contribution in [3.63, 3.8) is 0 Å². The van der Waals surface area contributed by atoms with Gasteiger partial charge in [-0.05, 0) is 83.3 Å². The fourth-order valence-electron chi connectivity index (χ4n) is 4.72. The van der Waals surface area contributed by atoms with E-state index in [-0.39, 0.29) is 0 Å². The lowest BCUT2D eigenvalue weighted by molar-refractivity contribution is 0.970. The summed E-state index contributed by atoms with van der Waals surface area (Å²) < 4.78 is 0. The summed E-state index contributed by atoms with van der Waals surface area (Å²) in [4.78, 5) is 0. The summed E-state index contributed by atoms with van der Waals surface area (Å²) in [5, 5.41) is 2.68. The molecule has 0 amide bonds. The molecule has 0 heterocycles. The molecular formula is C36H36. The normalized spacial score (nSPS) is 10.9. The maximum absolute atomic E-state index is 2.41. The van der Waals surface area contributed by atoms with Gasteiger partial charge in [0, 0.05) is 0 Å². The highest BCUT2D eigenvalue weighted by Gasteiger charge is 2.12. The minimum Gasteiger partial charge on any atom is -0.0917 e. The van der Waals surface area contributed by atoms with Crippen LogP contribution in [-0.4, -0.2) is 0 Å². The zero-order chi connectivity index (χ0) is 25.2. The minimum atomic E-state index is 1.02. The Labute approximate surface area is 217 Å². The smallest absolute Gasteiger partial charge is 0.00728 e. The van der Waals surface area contributed by atoms with E-state index in [4.69, 9.17) is 0 Å². The van der Waals surface area contributed by atoms with E-state index < -0.39 is 0 Å². The fourth-order valence-corrected chi connectivity index (χ4v) is 4.72. The predicted octanol–water partition coefficient (Wildman–Crippen LogP) is 10.2. The number of fused-ring (bicyclic) bond motifs is 1. The van der Waals surface area contributed by atoms with Crippen molar-refractivity contribution in [2.45, 2.75) is 40.0 Å². The van der Waals surface area contributed by atoms with Crippen LogP contribution in [0, 0.1) is 6.92 Å². The summed E-state index contributed by atoms with van der Waals surface area (Å²) in [7, 11) is 0. The van der Waals surface area contributed by atoms with Crippen LogP contribution in [0.5, 0.6) is 0 Å². The Morgan fingerprint density at radius 2 is 1.31 bits per heavy atom. The number of aryl methyl sites for hydroxylation is 3. The van der Waals surface area contributed by atoms with Crippen LogP contribution < -0.4 is 0 Å². The summed E-state index contributed by atoms with van der Waals surface area (Å²) in [6.07, 6.45) is 7.40. The predicted molar refractivity (Wildman–Crippen MR) is 159 cm³/mol. The highest BCUT2D eigenvalue weighted by molar-refractivity contribution is 6.01. The molecule has 0 spiro atoms. The Hall–Kier alpha value is -3.90. The summed E-state index contributed by atoms with van der Waals surface area (Å²) in [6.45, 7) is 6.32. The molecule has 0 saturated carbocycles. The largest absolute Gasteiger partial charge is 0.0917 e. The SMILES string of the molecule is C/C=C/CC.Cc1cccc(-c2cc(CCc3ccccc3)c3c(-c4ccccc4)cccc3c2)c1. The molecule has 0 fully saturated rings. The molecule has 5 aromatic rings. The van der Waals surface area contributed by atoms with Gasteiger partial charge in [0.1, 0.15) is 0 Å². The second-order valence-corrected chi connectivity index (χ2v) is 9.24. The molecule has 0 atom stereocenters. The molecular weight excluding hydrogens is 432 g/mol. The Morgan fingerprint density at radius 3 is 1.97 bits per heavy atom. The molecule has 0 aliphatic carbocycles. The van der Waals surface area contributed by atoms with Crippen LogP contribution in [0.15, 0.2) is 127 Å². The van der Waals surface area contributed by atoms with Gasteiger partial charge in [-0.25, -0.2) is 0 Å². The second kappa shape index (κ2) is 12.7. The summed E-state index contributed by atoms with van der Waals surface area (Å²) in [5.74, 6) is 0. The van der Waals surface area contributed by atoms with Gasteiger partial charge in [0.05, 0.1) is 0 Å². The molecule has 0 nitrogen and oxygen atoms in total. The molecule has 180 valence electrons. The lowest BCUT2D eigenvalue weighted by Crippen LogP contribution is -1.96. The third-order valence-corrected chi connectivity index (χ3v) is 6.49. The average Bonchev–Trinajstić information content (AvgIpc) is 2.93. The van der Waals surface area contributed by atoms with Crippen LogP contribution in [0.4, 0.5) is 0 Å². The molecule has 0 radical (unpaired) electrons. The van der Waals surface area contributed by atoms with E-state index in [0.717, 1.165) is 19.3 Å². The van der Waals surface area contributed by atoms with Crippen LogP contribution in [0.2, 0.25) is 0 Å². The van der Waals surface area contributed by atoms with Gasteiger partial charge >= 0.3 is 0 Å². The maximum atomic E-state index is 2.41. The number of rotatable bonds is 6. The van der Waals surface area contributed by atoms with Gasteiger partial charge in [-0.3, -0.25) is 0 Å². The maximum Gasteiger partial charge on any atom is -0.00728 e. The van der Waals surface area contributed by atoms with Crippen LogP contribution >= 0.6 is 0 Å². The first-order valence-corrected chi connectivity index (χ1v) is 13.0. The molecule has 0 aromatic heterocycles. The molecule has 0 unspecified atom stereocenters. The topological polar surface area (TPSA) is 0 Å². The highest BCUT2D eigenvalue weighted by atomic mass is 14.2. The van der Waals surface area contributed by atoms with Crippen LogP contribution in [0.3, 0.4) is 0 Å². The van der Waals surface area contributed by atoms with E-state index in [1.54, 1.807) is 0 Å². The first-order chi connectivity index (χ1) is 17.7. The Bertz CT molecular complexity index is 1410. The fraction of sp³-hybridized carbons (Fsp3) is 0.167. The minimum absolute atomic E-state index is 1.02. The van der Waals surface area contributed by atoms with Crippen molar-refractivity contribution < 1.29 is 0 Å². The summed E-state index contributed by atoms with van der Waals surface area (Å²) in [5.41, 5.74) is 9.26. The van der Waals surface area contributed by atoms with E-state index in [1.165, 1.54) is 49.7 Å². The van der Waals surface area contributed by atoms with Gasteiger partial charge in [-0.1, -0.05) is 134 Å². The van der Waals surface area contributed by atoms with Gasteiger partial charge < -0.3 is 0 Å². The highest BCUT2D eigenvalue weighted by Crippen LogP contribution is 2.35. The first-order valence-electron chi connectivity index (χ1n) is 13.0. The Balaban J connectivity index is 0.000000556. The van der Waals surface area contributed by atoms with Crippen LogP contribution in [0.25, 0.3) is 33.0 Å². The van der Waals surface area contributed by atoms with E-state index >= 15 is 0 Å². The number of benzene rings is 5. The molecule has 0 N–H and O–H groups in total. The quantitative estimate of drug-likeness (QED) is 0.217. The molecule has 36 heavy (non-hydrogen) atoms. The Kier molecular flexibility index (Phi) is 8.89. The lowest BCUT2D eigenvalue weighted by atomic mass is 9.89. The third-order valence-electron chi connectivity index (χ3n) is 6.49. The van der Waals surface area contributed by atoms with Crippen molar-refractivity contribution in [1.29, 1.82) is 0 Å². The number of hydrogen-bond acceptors (Lipinski definition) is 0. The van der Waals surface area contributed by atoms with Gasteiger partial charge in [0.2, 0.25) is 0 Å². The van der Waals surface area contributed by atoms with E-state index in [2.05, 4.69) is 141 Å². The zero-order valence-electron chi connectivity index (χ0n) is 21.7. The lowest BCUT2D eigenvalue weighted by Gasteiger charge is -2.15. The monoisotopic (exact) mass is 468 g/mol. The molecule has 0 bridgehead atoms. The van der Waals surface area contributed by atoms with Gasteiger partial charge in [0.15, 0.2) is 0 Å². The molecule has 5 aromatic carbocycles. The summed E-state index contributed by atoms with van der Waals surface area (Å²) in [6, 6.07) is 41.8. The Morgan fingerprint density at radius 1 is 0.611 bits per heavy atom. The van der Waals surface area contributed by atoms with Crippen LogP contribution in [0.1, 0.15) is 37.0 Å². The van der Waals surface area contributed by atoms with Crippen molar-refractivity contribution in [2.24, 2.45) is 0 Å². The third kappa shape index (κ3) is 6.40. The summed E-state index contributed by atoms with van der Waals surface area (Å²) >= 11 is 0. The molecule has 0 aliphatic heterocycles.